The molecule has 0 aliphatic heterocycles. The third kappa shape index (κ3) is 5.25. The Morgan fingerprint density at radius 1 is 0.897 bits per heavy atom. The van der Waals surface area contributed by atoms with Crippen LogP contribution in [0.4, 0.5) is 8.78 Å². The van der Waals surface area contributed by atoms with Gasteiger partial charge >= 0.3 is 0 Å². The maximum Gasteiger partial charge on any atom is 0.251 e. The number of carbonyl (C=O) groups excluding carboxylic acids is 2. The van der Waals surface area contributed by atoms with Crippen LogP contribution >= 0.6 is 0 Å². The largest absolute Gasteiger partial charge is 0.348 e. The summed E-state index contributed by atoms with van der Waals surface area (Å²) in [5.74, 6) is -2.10. The zero-order valence-electron chi connectivity index (χ0n) is 15.8. The van der Waals surface area contributed by atoms with E-state index in [1.165, 1.54) is 0 Å². The lowest BCUT2D eigenvalue weighted by molar-refractivity contribution is -0.120. The summed E-state index contributed by atoms with van der Waals surface area (Å²) in [5.41, 5.74) is 2.48. The standard InChI is InChI=1S/C23H20F2N2O2/c1-15(20-13-19(24)11-12-21(20)25)27-22(28)14-26-23(29)18-9-7-17(8-10-18)16-5-3-2-4-6-16/h2-13,15H,14H2,1H3,(H,26,29)(H,27,28). The van der Waals surface area contributed by atoms with Crippen molar-refractivity contribution in [3.8, 4) is 11.1 Å². The third-order valence-corrected chi connectivity index (χ3v) is 4.47. The maximum absolute atomic E-state index is 13.8. The van der Waals surface area contributed by atoms with Crippen LogP contribution < -0.4 is 10.6 Å². The van der Waals surface area contributed by atoms with Crippen molar-refractivity contribution in [1.82, 2.24) is 10.6 Å². The first kappa shape index (κ1) is 20.2. The Morgan fingerprint density at radius 3 is 2.24 bits per heavy atom. The van der Waals surface area contributed by atoms with Crippen molar-refractivity contribution in [2.45, 2.75) is 13.0 Å². The van der Waals surface area contributed by atoms with Gasteiger partial charge in [0.05, 0.1) is 12.6 Å². The van der Waals surface area contributed by atoms with E-state index in [2.05, 4.69) is 10.6 Å². The van der Waals surface area contributed by atoms with Gasteiger partial charge in [-0.3, -0.25) is 9.59 Å². The van der Waals surface area contributed by atoms with Crippen LogP contribution in [-0.2, 0) is 4.79 Å². The van der Waals surface area contributed by atoms with Crippen molar-refractivity contribution in [1.29, 1.82) is 0 Å². The van der Waals surface area contributed by atoms with Crippen LogP contribution in [0.1, 0.15) is 28.9 Å². The zero-order chi connectivity index (χ0) is 20.8. The van der Waals surface area contributed by atoms with Gasteiger partial charge in [0.15, 0.2) is 0 Å². The molecule has 0 aromatic heterocycles. The molecule has 4 nitrogen and oxygen atoms in total. The van der Waals surface area contributed by atoms with Crippen LogP contribution in [0, 0.1) is 11.6 Å². The highest BCUT2D eigenvalue weighted by Crippen LogP contribution is 2.19. The molecule has 0 bridgehead atoms. The number of halogens is 2. The fraction of sp³-hybridized carbons (Fsp3) is 0.130. The Balaban J connectivity index is 1.54. The molecule has 1 atom stereocenters. The van der Waals surface area contributed by atoms with Gasteiger partial charge in [0.1, 0.15) is 11.6 Å². The normalized spacial score (nSPS) is 11.6. The van der Waals surface area contributed by atoms with E-state index in [1.54, 1.807) is 19.1 Å². The molecule has 0 radical (unpaired) electrons. The van der Waals surface area contributed by atoms with Crippen molar-refractivity contribution in [3.05, 3.63) is 95.6 Å². The molecule has 2 N–H and O–H groups in total. The number of benzene rings is 3. The molecule has 2 amide bonds. The number of nitrogens with one attached hydrogen (secondary N) is 2. The first-order valence-corrected chi connectivity index (χ1v) is 9.12. The average Bonchev–Trinajstić information content (AvgIpc) is 2.74. The summed E-state index contributed by atoms with van der Waals surface area (Å²) in [6.45, 7) is 1.26. The van der Waals surface area contributed by atoms with Gasteiger partial charge in [0.2, 0.25) is 5.91 Å². The zero-order valence-corrected chi connectivity index (χ0v) is 15.8. The summed E-state index contributed by atoms with van der Waals surface area (Å²) >= 11 is 0. The molecule has 3 aromatic carbocycles. The summed E-state index contributed by atoms with van der Waals surface area (Å²) in [7, 11) is 0. The van der Waals surface area contributed by atoms with Gasteiger partial charge < -0.3 is 10.6 Å². The van der Waals surface area contributed by atoms with Crippen LogP contribution in [-0.4, -0.2) is 18.4 Å². The Morgan fingerprint density at radius 2 is 1.55 bits per heavy atom. The van der Waals surface area contributed by atoms with E-state index in [-0.39, 0.29) is 12.1 Å². The van der Waals surface area contributed by atoms with Crippen molar-refractivity contribution >= 4 is 11.8 Å². The monoisotopic (exact) mass is 394 g/mol. The minimum Gasteiger partial charge on any atom is -0.348 e. The third-order valence-electron chi connectivity index (χ3n) is 4.47. The lowest BCUT2D eigenvalue weighted by Gasteiger charge is -2.15. The molecule has 0 aliphatic rings. The van der Waals surface area contributed by atoms with E-state index in [0.29, 0.717) is 5.56 Å². The molecule has 148 valence electrons. The van der Waals surface area contributed by atoms with Crippen LogP contribution in [0.5, 0.6) is 0 Å². The van der Waals surface area contributed by atoms with Crippen molar-refractivity contribution in [2.75, 3.05) is 6.54 Å². The molecule has 0 fully saturated rings. The highest BCUT2D eigenvalue weighted by atomic mass is 19.1. The first-order valence-electron chi connectivity index (χ1n) is 9.12. The van der Waals surface area contributed by atoms with Crippen LogP contribution in [0.2, 0.25) is 0 Å². The second-order valence-corrected chi connectivity index (χ2v) is 6.58. The number of carbonyl (C=O) groups is 2. The van der Waals surface area contributed by atoms with Gasteiger partial charge in [0, 0.05) is 11.1 Å². The van der Waals surface area contributed by atoms with E-state index in [1.807, 2.05) is 42.5 Å². The number of hydrogen-bond acceptors (Lipinski definition) is 2. The lowest BCUT2D eigenvalue weighted by atomic mass is 10.0. The van der Waals surface area contributed by atoms with Gasteiger partial charge in [-0.05, 0) is 48.4 Å². The molecule has 0 aliphatic carbocycles. The summed E-state index contributed by atoms with van der Waals surface area (Å²) in [5, 5.41) is 5.06. The topological polar surface area (TPSA) is 58.2 Å². The Kier molecular flexibility index (Phi) is 6.34. The number of amides is 2. The minimum absolute atomic E-state index is 0.0428. The van der Waals surface area contributed by atoms with Crippen molar-refractivity contribution < 1.29 is 18.4 Å². The minimum atomic E-state index is -0.736. The molecule has 0 heterocycles. The average molecular weight is 394 g/mol. The van der Waals surface area contributed by atoms with E-state index >= 15 is 0 Å². The quantitative estimate of drug-likeness (QED) is 0.657. The molecule has 0 spiro atoms. The fourth-order valence-corrected chi connectivity index (χ4v) is 2.92. The second kappa shape index (κ2) is 9.10. The lowest BCUT2D eigenvalue weighted by Crippen LogP contribution is -2.38. The van der Waals surface area contributed by atoms with Gasteiger partial charge in [0.25, 0.3) is 5.91 Å². The van der Waals surface area contributed by atoms with E-state index in [9.17, 15) is 18.4 Å². The Bertz CT molecular complexity index is 1010. The predicted molar refractivity (Wildman–Crippen MR) is 107 cm³/mol. The number of hydrogen-bond donors (Lipinski definition) is 2. The smallest absolute Gasteiger partial charge is 0.251 e. The van der Waals surface area contributed by atoms with Crippen LogP contribution in [0.25, 0.3) is 11.1 Å². The van der Waals surface area contributed by atoms with E-state index < -0.39 is 29.5 Å². The molecule has 0 saturated carbocycles. The Labute approximate surface area is 167 Å². The van der Waals surface area contributed by atoms with Gasteiger partial charge in [-0.25, -0.2) is 8.78 Å². The Hall–Kier alpha value is -3.54. The molecular formula is C23H20F2N2O2. The fourth-order valence-electron chi connectivity index (χ4n) is 2.92. The molecule has 0 saturated heterocycles. The summed E-state index contributed by atoms with van der Waals surface area (Å²) in [4.78, 5) is 24.3. The molecule has 29 heavy (non-hydrogen) atoms. The van der Waals surface area contributed by atoms with Gasteiger partial charge in [-0.15, -0.1) is 0 Å². The highest BCUT2D eigenvalue weighted by Gasteiger charge is 2.15. The van der Waals surface area contributed by atoms with Gasteiger partial charge in [-0.1, -0.05) is 42.5 Å². The molecule has 1 unspecified atom stereocenters. The van der Waals surface area contributed by atoms with E-state index in [0.717, 1.165) is 29.3 Å². The van der Waals surface area contributed by atoms with Crippen LogP contribution in [0.15, 0.2) is 72.8 Å². The van der Waals surface area contributed by atoms with Gasteiger partial charge in [-0.2, -0.15) is 0 Å². The van der Waals surface area contributed by atoms with Crippen molar-refractivity contribution in [3.63, 3.8) is 0 Å². The molecule has 3 rings (SSSR count). The SMILES string of the molecule is CC(NC(=O)CNC(=O)c1ccc(-c2ccccc2)cc1)c1cc(F)ccc1F. The molecular weight excluding hydrogens is 374 g/mol. The predicted octanol–water partition coefficient (Wildman–Crippen LogP) is 4.24. The number of rotatable bonds is 6. The second-order valence-electron chi connectivity index (χ2n) is 6.58. The molecule has 3 aromatic rings. The highest BCUT2D eigenvalue weighted by molar-refractivity contribution is 5.96. The summed E-state index contributed by atoms with van der Waals surface area (Å²) in [6, 6.07) is 19.1. The van der Waals surface area contributed by atoms with Crippen molar-refractivity contribution in [2.24, 2.45) is 0 Å². The summed E-state index contributed by atoms with van der Waals surface area (Å²) < 4.78 is 27.1. The first-order chi connectivity index (χ1) is 13.9. The molecule has 6 heteroatoms. The van der Waals surface area contributed by atoms with E-state index in [4.69, 9.17) is 0 Å². The maximum atomic E-state index is 13.8. The summed E-state index contributed by atoms with van der Waals surface area (Å²) in [6.07, 6.45) is 0. The van der Waals surface area contributed by atoms with Crippen LogP contribution in [0.3, 0.4) is 0 Å².